The van der Waals surface area contributed by atoms with Gasteiger partial charge in [-0.2, -0.15) is 0 Å². The van der Waals surface area contributed by atoms with Gasteiger partial charge in [0.2, 0.25) is 0 Å². The molecule has 1 aromatic carbocycles. The van der Waals surface area contributed by atoms with Crippen LogP contribution in [-0.4, -0.2) is 23.7 Å². The Hall–Kier alpha value is -1.84. The molecule has 4 heteroatoms. The molecule has 19 heavy (non-hydrogen) atoms. The van der Waals surface area contributed by atoms with Gasteiger partial charge in [0.1, 0.15) is 0 Å². The van der Waals surface area contributed by atoms with Crippen LogP contribution >= 0.6 is 0 Å². The number of carboxylic acid groups (broad SMARTS) is 1. The van der Waals surface area contributed by atoms with Crippen LogP contribution in [0.15, 0.2) is 30.3 Å². The number of benzene rings is 1. The highest BCUT2D eigenvalue weighted by molar-refractivity contribution is 5.70. The smallest absolute Gasteiger partial charge is 0.307 e. The molecule has 1 N–H and O–H groups in total. The summed E-state index contributed by atoms with van der Waals surface area (Å²) in [5.74, 6) is -0.355. The van der Waals surface area contributed by atoms with Crippen LogP contribution in [0.5, 0.6) is 0 Å². The summed E-state index contributed by atoms with van der Waals surface area (Å²) in [6.45, 7) is 6.19. The average molecular weight is 266 g/mol. The number of ether oxygens (including phenoxy) is 1. The Morgan fingerprint density at radius 3 is 2.21 bits per heavy atom. The maximum atomic E-state index is 10.2. The Kier molecular flexibility index (Phi) is 9.14. The lowest BCUT2D eigenvalue weighted by molar-refractivity contribution is -0.141. The molecule has 1 rings (SSSR count). The molecule has 106 valence electrons. The lowest BCUT2D eigenvalue weighted by atomic mass is 10.1. The molecule has 0 aliphatic heterocycles. The maximum absolute atomic E-state index is 10.2. The molecule has 0 aliphatic carbocycles. The van der Waals surface area contributed by atoms with Crippen molar-refractivity contribution >= 4 is 11.9 Å². The van der Waals surface area contributed by atoms with Gasteiger partial charge in [-0.3, -0.25) is 9.59 Å². The van der Waals surface area contributed by atoms with Crippen LogP contribution in [0.25, 0.3) is 0 Å². The highest BCUT2D eigenvalue weighted by Gasteiger charge is 1.96. The molecule has 0 atom stereocenters. The first-order valence-electron chi connectivity index (χ1n) is 6.31. The van der Waals surface area contributed by atoms with E-state index >= 15 is 0 Å². The summed E-state index contributed by atoms with van der Waals surface area (Å²) in [6, 6.07) is 9.13. The van der Waals surface area contributed by atoms with E-state index in [-0.39, 0.29) is 12.4 Å². The third kappa shape index (κ3) is 12.4. The maximum Gasteiger partial charge on any atom is 0.307 e. The molecule has 0 bridgehead atoms. The molecule has 1 aromatic rings. The SMILES string of the molecule is CC(=O)OCCC(C)C.O=C(O)Cc1ccccc1. The summed E-state index contributed by atoms with van der Waals surface area (Å²) in [5, 5.41) is 8.37. The molecular formula is C15H22O4. The van der Waals surface area contributed by atoms with Gasteiger partial charge < -0.3 is 9.84 Å². The molecule has 0 saturated heterocycles. The van der Waals surface area contributed by atoms with Crippen molar-refractivity contribution in [3.8, 4) is 0 Å². The molecule has 0 aliphatic rings. The minimum absolute atomic E-state index is 0.112. The van der Waals surface area contributed by atoms with E-state index in [0.29, 0.717) is 12.5 Å². The minimum Gasteiger partial charge on any atom is -0.481 e. The number of esters is 1. The van der Waals surface area contributed by atoms with E-state index in [1.165, 1.54) is 6.92 Å². The van der Waals surface area contributed by atoms with Crippen LogP contribution in [0, 0.1) is 5.92 Å². The first-order chi connectivity index (χ1) is 8.91. The van der Waals surface area contributed by atoms with E-state index in [2.05, 4.69) is 13.8 Å². The summed E-state index contributed by atoms with van der Waals surface area (Å²) in [7, 11) is 0. The van der Waals surface area contributed by atoms with Crippen LogP contribution in [0.1, 0.15) is 32.8 Å². The van der Waals surface area contributed by atoms with Gasteiger partial charge in [-0.25, -0.2) is 0 Å². The minimum atomic E-state index is -0.786. The quantitative estimate of drug-likeness (QED) is 0.832. The van der Waals surface area contributed by atoms with E-state index in [1.54, 1.807) is 12.1 Å². The van der Waals surface area contributed by atoms with Crippen molar-refractivity contribution in [3.05, 3.63) is 35.9 Å². The molecule has 0 unspecified atom stereocenters. The Morgan fingerprint density at radius 1 is 1.21 bits per heavy atom. The zero-order chi connectivity index (χ0) is 14.7. The number of carboxylic acids is 1. The number of carbonyl (C=O) groups excluding carboxylic acids is 1. The van der Waals surface area contributed by atoms with Gasteiger partial charge in [0.05, 0.1) is 13.0 Å². The number of rotatable bonds is 5. The topological polar surface area (TPSA) is 63.6 Å². The van der Waals surface area contributed by atoms with Crippen LogP contribution in [0.4, 0.5) is 0 Å². The van der Waals surface area contributed by atoms with E-state index in [1.807, 2.05) is 18.2 Å². The Bertz CT molecular complexity index is 371. The molecule has 4 nitrogen and oxygen atoms in total. The molecule has 0 radical (unpaired) electrons. The summed E-state index contributed by atoms with van der Waals surface area (Å²) in [5.41, 5.74) is 0.843. The fourth-order valence-electron chi connectivity index (χ4n) is 1.21. The number of carbonyl (C=O) groups is 2. The second-order valence-electron chi connectivity index (χ2n) is 4.58. The highest BCUT2D eigenvalue weighted by atomic mass is 16.5. The van der Waals surface area contributed by atoms with Crippen molar-refractivity contribution in [2.24, 2.45) is 5.92 Å². The number of hydrogen-bond donors (Lipinski definition) is 1. The zero-order valence-corrected chi connectivity index (χ0v) is 11.8. The van der Waals surface area contributed by atoms with Crippen molar-refractivity contribution in [2.75, 3.05) is 6.61 Å². The fourth-order valence-corrected chi connectivity index (χ4v) is 1.21. The highest BCUT2D eigenvalue weighted by Crippen LogP contribution is 1.98. The average Bonchev–Trinajstić information content (AvgIpc) is 2.29. The zero-order valence-electron chi connectivity index (χ0n) is 11.8. The van der Waals surface area contributed by atoms with Crippen molar-refractivity contribution in [1.82, 2.24) is 0 Å². The monoisotopic (exact) mass is 266 g/mol. The molecule has 0 spiro atoms. The largest absolute Gasteiger partial charge is 0.481 e. The van der Waals surface area contributed by atoms with Crippen LogP contribution < -0.4 is 0 Å². The first-order valence-corrected chi connectivity index (χ1v) is 6.31. The lowest BCUT2D eigenvalue weighted by Crippen LogP contribution is -2.02. The van der Waals surface area contributed by atoms with Gasteiger partial charge in [0.15, 0.2) is 0 Å². The van der Waals surface area contributed by atoms with Crippen molar-refractivity contribution < 1.29 is 19.4 Å². The van der Waals surface area contributed by atoms with Gasteiger partial charge in [-0.15, -0.1) is 0 Å². The first kappa shape index (κ1) is 17.2. The predicted molar refractivity (Wildman–Crippen MR) is 73.9 cm³/mol. The summed E-state index contributed by atoms with van der Waals surface area (Å²) in [6.07, 6.45) is 1.07. The van der Waals surface area contributed by atoms with E-state index in [0.717, 1.165) is 12.0 Å². The van der Waals surface area contributed by atoms with Gasteiger partial charge in [-0.1, -0.05) is 44.2 Å². The molecule has 0 saturated carbocycles. The van der Waals surface area contributed by atoms with Crippen LogP contribution in [0.3, 0.4) is 0 Å². The van der Waals surface area contributed by atoms with Crippen molar-refractivity contribution in [2.45, 2.75) is 33.6 Å². The Labute approximate surface area is 114 Å². The lowest BCUT2D eigenvalue weighted by Gasteiger charge is -2.02. The third-order valence-corrected chi connectivity index (χ3v) is 2.20. The molecule has 0 aromatic heterocycles. The van der Waals surface area contributed by atoms with E-state index in [4.69, 9.17) is 9.84 Å². The van der Waals surface area contributed by atoms with Crippen LogP contribution in [0.2, 0.25) is 0 Å². The van der Waals surface area contributed by atoms with E-state index in [9.17, 15) is 9.59 Å². The Morgan fingerprint density at radius 2 is 1.79 bits per heavy atom. The molecule has 0 heterocycles. The number of hydrogen-bond acceptors (Lipinski definition) is 3. The summed E-state index contributed by atoms with van der Waals surface area (Å²) < 4.78 is 4.71. The van der Waals surface area contributed by atoms with Crippen molar-refractivity contribution in [1.29, 1.82) is 0 Å². The third-order valence-electron chi connectivity index (χ3n) is 2.20. The molecular weight excluding hydrogens is 244 g/mol. The standard InChI is InChI=1S/C8H8O2.C7H14O2/c9-8(10)6-7-4-2-1-3-5-7;1-6(2)4-5-9-7(3)8/h1-5H,6H2,(H,9,10);6H,4-5H2,1-3H3. The van der Waals surface area contributed by atoms with Gasteiger partial charge in [0.25, 0.3) is 0 Å². The second-order valence-corrected chi connectivity index (χ2v) is 4.58. The van der Waals surface area contributed by atoms with Gasteiger partial charge >= 0.3 is 11.9 Å². The number of aliphatic carboxylic acids is 1. The van der Waals surface area contributed by atoms with E-state index < -0.39 is 5.97 Å². The molecule has 0 amide bonds. The van der Waals surface area contributed by atoms with Gasteiger partial charge in [-0.05, 0) is 17.9 Å². The van der Waals surface area contributed by atoms with Crippen LogP contribution in [-0.2, 0) is 20.7 Å². The predicted octanol–water partition coefficient (Wildman–Crippen LogP) is 2.91. The normalized spacial score (nSPS) is 9.47. The second kappa shape index (κ2) is 10.1. The Balaban J connectivity index is 0.000000344. The summed E-state index contributed by atoms with van der Waals surface area (Å²) in [4.78, 5) is 20.4. The molecule has 0 fully saturated rings. The fraction of sp³-hybridized carbons (Fsp3) is 0.467. The summed E-state index contributed by atoms with van der Waals surface area (Å²) >= 11 is 0. The van der Waals surface area contributed by atoms with Gasteiger partial charge in [0, 0.05) is 6.92 Å². The van der Waals surface area contributed by atoms with Crippen molar-refractivity contribution in [3.63, 3.8) is 0 Å².